The summed E-state index contributed by atoms with van der Waals surface area (Å²) < 4.78 is 2.00. The number of tetrazole rings is 1. The van der Waals surface area contributed by atoms with Crippen LogP contribution in [0.4, 0.5) is 0 Å². The molecule has 0 saturated heterocycles. The molecule has 3 rings (SSSR count). The Kier molecular flexibility index (Phi) is 1.74. The Morgan fingerprint density at radius 3 is 2.47 bits per heavy atom. The van der Waals surface area contributed by atoms with E-state index in [-0.39, 0.29) is 10.9 Å². The summed E-state index contributed by atoms with van der Waals surface area (Å²) >= 11 is 6.09. The van der Waals surface area contributed by atoms with Crippen molar-refractivity contribution in [1.82, 2.24) is 20.2 Å². The monoisotopic (exact) mass is 226 g/mol. The summed E-state index contributed by atoms with van der Waals surface area (Å²) in [6, 6.07) is 0. The van der Waals surface area contributed by atoms with E-state index in [1.165, 1.54) is 25.7 Å². The second kappa shape index (κ2) is 2.73. The van der Waals surface area contributed by atoms with Gasteiger partial charge in [-0.2, -0.15) is 0 Å². The third-order valence-corrected chi connectivity index (χ3v) is 4.30. The Morgan fingerprint density at radius 1 is 1.33 bits per heavy atom. The number of hydrogen-bond acceptors (Lipinski definition) is 3. The number of hydrogen-bond donors (Lipinski definition) is 0. The van der Waals surface area contributed by atoms with Crippen molar-refractivity contribution in [3.8, 4) is 0 Å². The van der Waals surface area contributed by atoms with Crippen LogP contribution in [0.15, 0.2) is 0 Å². The lowest BCUT2D eigenvalue weighted by Gasteiger charge is -2.24. The highest BCUT2D eigenvalue weighted by Crippen LogP contribution is 2.68. The largest absolute Gasteiger partial charge is 0.221 e. The molecule has 15 heavy (non-hydrogen) atoms. The fraction of sp³-hybridized carbons (Fsp3) is 0.900. The van der Waals surface area contributed by atoms with Crippen LogP contribution in [0.5, 0.6) is 0 Å². The van der Waals surface area contributed by atoms with Crippen LogP contribution in [0.2, 0.25) is 0 Å². The van der Waals surface area contributed by atoms with Crippen molar-refractivity contribution < 1.29 is 0 Å². The normalized spacial score (nSPS) is 27.4. The Labute approximate surface area is 94.0 Å². The van der Waals surface area contributed by atoms with E-state index in [0.717, 1.165) is 5.82 Å². The molecule has 0 amide bonds. The van der Waals surface area contributed by atoms with Crippen LogP contribution in [-0.2, 0) is 5.54 Å². The van der Waals surface area contributed by atoms with Crippen LogP contribution < -0.4 is 0 Å². The second-order valence-electron chi connectivity index (χ2n) is 5.16. The predicted octanol–water partition coefficient (Wildman–Crippen LogP) is 2.26. The van der Waals surface area contributed by atoms with E-state index < -0.39 is 0 Å². The van der Waals surface area contributed by atoms with Gasteiger partial charge >= 0.3 is 0 Å². The maximum absolute atomic E-state index is 6.09. The topological polar surface area (TPSA) is 43.6 Å². The number of aromatic nitrogens is 4. The SMILES string of the molecule is CC(Cl)c1nnnn1C1(C2(C)CC2)CC1. The molecule has 82 valence electrons. The zero-order valence-corrected chi connectivity index (χ0v) is 9.83. The van der Waals surface area contributed by atoms with Crippen molar-refractivity contribution in [1.29, 1.82) is 0 Å². The summed E-state index contributed by atoms with van der Waals surface area (Å²) in [6.45, 7) is 4.26. The predicted molar refractivity (Wildman–Crippen MR) is 56.6 cm³/mol. The first-order chi connectivity index (χ1) is 7.09. The average Bonchev–Trinajstić information content (AvgIpc) is 3.08. The van der Waals surface area contributed by atoms with E-state index in [1.807, 2.05) is 11.6 Å². The van der Waals surface area contributed by atoms with E-state index in [9.17, 15) is 0 Å². The van der Waals surface area contributed by atoms with Crippen LogP contribution in [0.25, 0.3) is 0 Å². The average molecular weight is 227 g/mol. The van der Waals surface area contributed by atoms with E-state index >= 15 is 0 Å². The fourth-order valence-electron chi connectivity index (χ4n) is 2.59. The molecule has 1 atom stereocenters. The molecule has 0 N–H and O–H groups in total. The van der Waals surface area contributed by atoms with Gasteiger partial charge in [-0.1, -0.05) is 6.92 Å². The van der Waals surface area contributed by atoms with Gasteiger partial charge in [0, 0.05) is 0 Å². The summed E-state index contributed by atoms with van der Waals surface area (Å²) in [4.78, 5) is 0. The maximum Gasteiger partial charge on any atom is 0.169 e. The molecule has 0 radical (unpaired) electrons. The highest BCUT2D eigenvalue weighted by Gasteiger charge is 2.65. The lowest BCUT2D eigenvalue weighted by atomic mass is 9.96. The highest BCUT2D eigenvalue weighted by molar-refractivity contribution is 6.20. The lowest BCUT2D eigenvalue weighted by Crippen LogP contribution is -2.30. The molecule has 4 nitrogen and oxygen atoms in total. The smallest absolute Gasteiger partial charge is 0.169 e. The number of alkyl halides is 1. The minimum Gasteiger partial charge on any atom is -0.221 e. The Bertz CT molecular complexity index is 390. The van der Waals surface area contributed by atoms with Gasteiger partial charge in [0.05, 0.1) is 10.9 Å². The molecule has 1 heterocycles. The van der Waals surface area contributed by atoms with E-state index in [1.54, 1.807) is 0 Å². The van der Waals surface area contributed by atoms with Crippen LogP contribution >= 0.6 is 11.6 Å². The molecule has 1 aromatic heterocycles. The lowest BCUT2D eigenvalue weighted by molar-refractivity contribution is 0.265. The maximum atomic E-state index is 6.09. The molecule has 2 aliphatic rings. The number of rotatable bonds is 3. The standard InChI is InChI=1S/C10H15ClN4/c1-7(11)8-12-13-14-15(8)10(5-6-10)9(2)3-4-9/h7H,3-6H2,1-2H3. The molecular weight excluding hydrogens is 212 g/mol. The minimum atomic E-state index is -0.111. The van der Waals surface area contributed by atoms with Crippen molar-refractivity contribution in [3.05, 3.63) is 5.82 Å². The molecule has 2 aliphatic carbocycles. The summed E-state index contributed by atoms with van der Waals surface area (Å²) in [5, 5.41) is 11.8. The zero-order chi connectivity index (χ0) is 10.7. The first-order valence-corrected chi connectivity index (χ1v) is 5.96. The van der Waals surface area contributed by atoms with Crippen molar-refractivity contribution >= 4 is 11.6 Å². The molecule has 2 fully saturated rings. The van der Waals surface area contributed by atoms with E-state index in [4.69, 9.17) is 11.6 Å². The minimum absolute atomic E-state index is 0.111. The molecule has 2 saturated carbocycles. The third-order valence-electron chi connectivity index (χ3n) is 4.10. The molecule has 1 unspecified atom stereocenters. The molecule has 0 spiro atoms. The van der Waals surface area contributed by atoms with Gasteiger partial charge in [-0.3, -0.25) is 0 Å². The third kappa shape index (κ3) is 1.17. The fourth-order valence-corrected chi connectivity index (χ4v) is 2.73. The Balaban J connectivity index is 2.02. The molecular formula is C10H15ClN4. The first kappa shape index (κ1) is 9.58. The molecule has 0 aromatic carbocycles. The van der Waals surface area contributed by atoms with Crippen molar-refractivity contribution in [2.45, 2.75) is 50.4 Å². The zero-order valence-electron chi connectivity index (χ0n) is 9.07. The summed E-state index contributed by atoms with van der Waals surface area (Å²) in [6.07, 6.45) is 4.99. The summed E-state index contributed by atoms with van der Waals surface area (Å²) in [7, 11) is 0. The van der Waals surface area contributed by atoms with Gasteiger partial charge < -0.3 is 0 Å². The van der Waals surface area contributed by atoms with Crippen molar-refractivity contribution in [3.63, 3.8) is 0 Å². The molecule has 1 aromatic rings. The highest BCUT2D eigenvalue weighted by atomic mass is 35.5. The number of nitrogens with zero attached hydrogens (tertiary/aromatic N) is 4. The van der Waals surface area contributed by atoms with Gasteiger partial charge in [0.2, 0.25) is 0 Å². The van der Waals surface area contributed by atoms with Crippen LogP contribution in [0.3, 0.4) is 0 Å². The van der Waals surface area contributed by atoms with Crippen LogP contribution in [-0.4, -0.2) is 20.2 Å². The van der Waals surface area contributed by atoms with Gasteiger partial charge in [-0.15, -0.1) is 16.7 Å². The van der Waals surface area contributed by atoms with Gasteiger partial charge in [-0.25, -0.2) is 4.68 Å². The molecule has 5 heteroatoms. The Hall–Kier alpha value is -0.640. The van der Waals surface area contributed by atoms with E-state index in [0.29, 0.717) is 5.41 Å². The summed E-state index contributed by atoms with van der Waals surface area (Å²) in [5.41, 5.74) is 0.609. The van der Waals surface area contributed by atoms with Gasteiger partial charge in [0.15, 0.2) is 5.82 Å². The van der Waals surface area contributed by atoms with Crippen molar-refractivity contribution in [2.75, 3.05) is 0 Å². The first-order valence-electron chi connectivity index (χ1n) is 5.52. The van der Waals surface area contributed by atoms with Gasteiger partial charge in [0.25, 0.3) is 0 Å². The Morgan fingerprint density at radius 2 is 2.00 bits per heavy atom. The van der Waals surface area contributed by atoms with Crippen LogP contribution in [0, 0.1) is 5.41 Å². The van der Waals surface area contributed by atoms with Crippen molar-refractivity contribution in [2.24, 2.45) is 5.41 Å². The molecule has 0 aliphatic heterocycles. The van der Waals surface area contributed by atoms with E-state index in [2.05, 4.69) is 22.4 Å². The molecule has 0 bridgehead atoms. The van der Waals surface area contributed by atoms with Gasteiger partial charge in [-0.05, 0) is 48.4 Å². The number of halogens is 1. The summed E-state index contributed by atoms with van der Waals surface area (Å²) in [5.74, 6) is 0.822. The quantitative estimate of drug-likeness (QED) is 0.743. The second-order valence-corrected chi connectivity index (χ2v) is 5.81. The van der Waals surface area contributed by atoms with Crippen LogP contribution in [0.1, 0.15) is 50.7 Å². The van der Waals surface area contributed by atoms with Gasteiger partial charge in [0.1, 0.15) is 0 Å².